The fourth-order valence-corrected chi connectivity index (χ4v) is 2.19. The summed E-state index contributed by atoms with van der Waals surface area (Å²) in [4.78, 5) is 35.8. The van der Waals surface area contributed by atoms with Crippen LogP contribution in [-0.4, -0.2) is 47.6 Å². The molecule has 2 fully saturated rings. The number of hydrogen-bond donors (Lipinski definition) is 2. The Balaban J connectivity index is 1.94. The van der Waals surface area contributed by atoms with E-state index in [-0.39, 0.29) is 5.92 Å². The van der Waals surface area contributed by atoms with Gasteiger partial charge in [-0.3, -0.25) is 14.5 Å². The van der Waals surface area contributed by atoms with Crippen LogP contribution in [0.5, 0.6) is 0 Å². The molecule has 4 amide bonds. The normalized spacial score (nSPS) is 26.7. The van der Waals surface area contributed by atoms with Crippen molar-refractivity contribution in [3.05, 3.63) is 0 Å². The van der Waals surface area contributed by atoms with E-state index in [9.17, 15) is 27.6 Å². The van der Waals surface area contributed by atoms with Crippen molar-refractivity contribution in [2.45, 2.75) is 31.5 Å². The first-order valence-electron chi connectivity index (χ1n) is 6.11. The molecule has 1 aliphatic heterocycles. The molecule has 0 aromatic carbocycles. The molecule has 1 heterocycles. The second-order valence-corrected chi connectivity index (χ2v) is 5.19. The lowest BCUT2D eigenvalue weighted by Crippen LogP contribution is -2.47. The molecule has 0 aromatic heterocycles. The molecule has 2 N–H and O–H groups in total. The maximum Gasteiger partial charge on any atom is 0.405 e. The number of amides is 4. The van der Waals surface area contributed by atoms with Gasteiger partial charge in [0.05, 0.1) is 0 Å². The van der Waals surface area contributed by atoms with Gasteiger partial charge < -0.3 is 10.6 Å². The van der Waals surface area contributed by atoms with Crippen molar-refractivity contribution >= 4 is 17.8 Å². The second kappa shape index (κ2) is 4.64. The lowest BCUT2D eigenvalue weighted by molar-refractivity contribution is -0.141. The lowest BCUT2D eigenvalue weighted by Gasteiger charge is -2.20. The third-order valence-corrected chi connectivity index (χ3v) is 3.48. The molecule has 2 rings (SSSR count). The summed E-state index contributed by atoms with van der Waals surface area (Å²) in [5, 5.41) is 4.13. The summed E-state index contributed by atoms with van der Waals surface area (Å²) in [7, 11) is 0. The van der Waals surface area contributed by atoms with Crippen molar-refractivity contribution in [1.82, 2.24) is 15.5 Å². The van der Waals surface area contributed by atoms with Gasteiger partial charge >= 0.3 is 12.2 Å². The van der Waals surface area contributed by atoms with Gasteiger partial charge in [-0.2, -0.15) is 13.2 Å². The molecule has 112 valence electrons. The molecule has 0 radical (unpaired) electrons. The van der Waals surface area contributed by atoms with Gasteiger partial charge in [-0.15, -0.1) is 0 Å². The number of carbonyl (C=O) groups is 3. The second-order valence-electron chi connectivity index (χ2n) is 5.19. The Kier molecular flexibility index (Phi) is 3.39. The molecule has 1 saturated carbocycles. The van der Waals surface area contributed by atoms with Crippen LogP contribution in [0.3, 0.4) is 0 Å². The topological polar surface area (TPSA) is 78.5 Å². The minimum Gasteiger partial charge on any atom is -0.345 e. The van der Waals surface area contributed by atoms with Crippen molar-refractivity contribution in [2.24, 2.45) is 5.92 Å². The largest absolute Gasteiger partial charge is 0.405 e. The van der Waals surface area contributed by atoms with Crippen LogP contribution in [0.2, 0.25) is 0 Å². The standard InChI is InChI=1S/C11H14F3N3O3/c1-10(6-2-3-6)8(19)17(9(20)16-10)4-7(18)15-5-11(12,13)14/h6H,2-5H2,1H3,(H,15,18)(H,16,20). The zero-order valence-electron chi connectivity index (χ0n) is 10.7. The lowest BCUT2D eigenvalue weighted by atomic mass is 9.96. The SMILES string of the molecule is CC1(C2CC2)NC(=O)N(CC(=O)NCC(F)(F)F)C1=O. The monoisotopic (exact) mass is 293 g/mol. The molecule has 20 heavy (non-hydrogen) atoms. The van der Waals surface area contributed by atoms with Crippen LogP contribution >= 0.6 is 0 Å². The highest BCUT2D eigenvalue weighted by atomic mass is 19.4. The zero-order valence-corrected chi connectivity index (χ0v) is 10.7. The molecule has 0 bridgehead atoms. The number of carbonyl (C=O) groups excluding carboxylic acids is 3. The predicted octanol–water partition coefficient (Wildman–Crippen LogP) is 0.385. The number of hydrogen-bond acceptors (Lipinski definition) is 3. The first-order valence-corrected chi connectivity index (χ1v) is 6.11. The molecule has 0 aromatic rings. The number of alkyl halides is 3. The first kappa shape index (κ1) is 14.6. The van der Waals surface area contributed by atoms with Crippen molar-refractivity contribution in [2.75, 3.05) is 13.1 Å². The number of urea groups is 1. The highest BCUT2D eigenvalue weighted by Crippen LogP contribution is 2.42. The van der Waals surface area contributed by atoms with E-state index in [2.05, 4.69) is 5.32 Å². The number of imide groups is 1. The maximum absolute atomic E-state index is 12.1. The molecule has 1 aliphatic carbocycles. The van der Waals surface area contributed by atoms with Gasteiger partial charge in [0.15, 0.2) is 0 Å². The van der Waals surface area contributed by atoms with Gasteiger partial charge in [0.1, 0.15) is 18.6 Å². The molecule has 6 nitrogen and oxygen atoms in total. The highest BCUT2D eigenvalue weighted by molar-refractivity contribution is 6.09. The number of rotatable bonds is 4. The van der Waals surface area contributed by atoms with Crippen LogP contribution in [0.1, 0.15) is 19.8 Å². The van der Waals surface area contributed by atoms with E-state index in [0.29, 0.717) is 4.90 Å². The van der Waals surface area contributed by atoms with E-state index in [1.165, 1.54) is 0 Å². The number of nitrogens with one attached hydrogen (secondary N) is 2. The smallest absolute Gasteiger partial charge is 0.345 e. The van der Waals surface area contributed by atoms with Gasteiger partial charge in [0.25, 0.3) is 5.91 Å². The molecule has 1 unspecified atom stereocenters. The highest BCUT2D eigenvalue weighted by Gasteiger charge is 2.56. The van der Waals surface area contributed by atoms with Crippen molar-refractivity contribution < 1.29 is 27.6 Å². The van der Waals surface area contributed by atoms with Crippen LogP contribution in [0.4, 0.5) is 18.0 Å². The molecule has 1 saturated heterocycles. The van der Waals surface area contributed by atoms with Gasteiger partial charge in [-0.25, -0.2) is 4.79 Å². The Bertz CT molecular complexity index is 462. The minimum atomic E-state index is -4.53. The van der Waals surface area contributed by atoms with Crippen molar-refractivity contribution in [3.8, 4) is 0 Å². The van der Waals surface area contributed by atoms with E-state index < -0.39 is 42.7 Å². The van der Waals surface area contributed by atoms with Crippen molar-refractivity contribution in [1.29, 1.82) is 0 Å². The summed E-state index contributed by atoms with van der Waals surface area (Å²) in [6.45, 7) is -0.628. The Hall–Kier alpha value is -1.80. The fourth-order valence-electron chi connectivity index (χ4n) is 2.19. The predicted molar refractivity (Wildman–Crippen MR) is 60.4 cm³/mol. The summed E-state index contributed by atoms with van der Waals surface area (Å²) in [6, 6.07) is -0.744. The maximum atomic E-state index is 12.1. The Morgan fingerprint density at radius 3 is 2.55 bits per heavy atom. The van der Waals surface area contributed by atoms with Gasteiger partial charge in [0, 0.05) is 0 Å². The summed E-state index contributed by atoms with van der Waals surface area (Å²) >= 11 is 0. The fraction of sp³-hybridized carbons (Fsp3) is 0.727. The Morgan fingerprint density at radius 1 is 1.45 bits per heavy atom. The summed E-state index contributed by atoms with van der Waals surface area (Å²) < 4.78 is 35.8. The molecular weight excluding hydrogens is 279 g/mol. The molecule has 0 spiro atoms. The minimum absolute atomic E-state index is 0.0298. The first-order chi connectivity index (χ1) is 9.13. The van der Waals surface area contributed by atoms with Crippen LogP contribution in [0, 0.1) is 5.92 Å². The van der Waals surface area contributed by atoms with E-state index >= 15 is 0 Å². The number of halogens is 3. The third-order valence-electron chi connectivity index (χ3n) is 3.48. The third kappa shape index (κ3) is 2.86. The zero-order chi connectivity index (χ0) is 15.1. The quantitative estimate of drug-likeness (QED) is 0.736. The number of nitrogens with zero attached hydrogens (tertiary/aromatic N) is 1. The van der Waals surface area contributed by atoms with Crippen LogP contribution in [0.25, 0.3) is 0 Å². The molecule has 2 aliphatic rings. The summed E-state index contributed by atoms with van der Waals surface area (Å²) in [5.41, 5.74) is -1.04. The van der Waals surface area contributed by atoms with E-state index in [1.807, 2.05) is 0 Å². The molecule has 9 heteroatoms. The van der Waals surface area contributed by atoms with Crippen molar-refractivity contribution in [3.63, 3.8) is 0 Å². The van der Waals surface area contributed by atoms with Gasteiger partial charge in [-0.1, -0.05) is 0 Å². The average Bonchev–Trinajstić information content (AvgIpc) is 3.12. The molecule has 1 atom stereocenters. The van der Waals surface area contributed by atoms with Crippen LogP contribution in [-0.2, 0) is 9.59 Å². The average molecular weight is 293 g/mol. The summed E-state index contributed by atoms with van der Waals surface area (Å²) in [6.07, 6.45) is -2.93. The Morgan fingerprint density at radius 2 is 2.05 bits per heavy atom. The van der Waals surface area contributed by atoms with Crippen LogP contribution < -0.4 is 10.6 Å². The summed E-state index contributed by atoms with van der Waals surface area (Å²) in [5.74, 6) is -1.56. The van der Waals surface area contributed by atoms with Gasteiger partial charge in [0.2, 0.25) is 5.91 Å². The molecular formula is C11H14F3N3O3. The van der Waals surface area contributed by atoms with E-state index in [4.69, 9.17) is 0 Å². The van der Waals surface area contributed by atoms with Gasteiger partial charge in [-0.05, 0) is 25.7 Å². The van der Waals surface area contributed by atoms with E-state index in [1.54, 1.807) is 12.2 Å². The Labute approximate surface area is 112 Å². The van der Waals surface area contributed by atoms with Crippen LogP contribution in [0.15, 0.2) is 0 Å². The van der Waals surface area contributed by atoms with E-state index in [0.717, 1.165) is 12.8 Å².